The molecule has 1 amide bonds. The van der Waals surface area contributed by atoms with Gasteiger partial charge in [0.1, 0.15) is 11.9 Å². The van der Waals surface area contributed by atoms with E-state index in [0.717, 1.165) is 22.3 Å². The fourth-order valence-corrected chi connectivity index (χ4v) is 4.02. The second-order valence-electron chi connectivity index (χ2n) is 9.95. The lowest BCUT2D eigenvalue weighted by molar-refractivity contribution is -0.118. The minimum absolute atomic E-state index is 0.0276. The molecule has 2 atom stereocenters. The maximum Gasteiger partial charge on any atom is 0.247 e. The molecule has 0 fully saturated rings. The van der Waals surface area contributed by atoms with Crippen molar-refractivity contribution in [1.82, 2.24) is 20.1 Å². The number of amides is 1. The molecule has 4 aromatic rings. The Bertz CT molecular complexity index is 1390. The second kappa shape index (κ2) is 11.8. The van der Waals surface area contributed by atoms with E-state index in [4.69, 9.17) is 5.26 Å². The fourth-order valence-electron chi connectivity index (χ4n) is 4.02. The van der Waals surface area contributed by atoms with Crippen LogP contribution >= 0.6 is 0 Å². The van der Waals surface area contributed by atoms with Crippen LogP contribution in [-0.2, 0) is 10.3 Å². The third-order valence-electron chi connectivity index (χ3n) is 6.57. The number of aromatic nitrogens is 3. The Balaban J connectivity index is 1.45. The van der Waals surface area contributed by atoms with Gasteiger partial charge >= 0.3 is 0 Å². The van der Waals surface area contributed by atoms with Crippen LogP contribution in [0.4, 0.5) is 5.82 Å². The lowest BCUT2D eigenvalue weighted by atomic mass is 9.98. The summed E-state index contributed by atoms with van der Waals surface area (Å²) in [6.45, 7) is 6.43. The standard InChI is InChI=1S/C30H32N6O2/c1-21(23-11-9-22(15-31)10-12-23)16-33-28(24-7-5-4-6-8-24)29(38)35-27-14-13-25(17-32-27)26-18-34-36(19-26)30(2,3)20-37/h4-14,17-19,21,28,33,37H,16,20H2,1-3H3,(H,32,35,38). The molecule has 2 aromatic heterocycles. The van der Waals surface area contributed by atoms with Gasteiger partial charge in [-0.3, -0.25) is 9.48 Å². The number of hydrogen-bond donors (Lipinski definition) is 3. The Morgan fingerprint density at radius 2 is 1.76 bits per heavy atom. The van der Waals surface area contributed by atoms with E-state index in [9.17, 15) is 9.90 Å². The average Bonchev–Trinajstić information content (AvgIpc) is 3.45. The van der Waals surface area contributed by atoms with Gasteiger partial charge < -0.3 is 15.7 Å². The Morgan fingerprint density at radius 1 is 1.03 bits per heavy atom. The predicted molar refractivity (Wildman–Crippen MR) is 147 cm³/mol. The number of carbonyl (C=O) groups excluding carboxylic acids is 1. The number of rotatable bonds is 10. The molecule has 0 aliphatic rings. The van der Waals surface area contributed by atoms with Gasteiger partial charge in [-0.1, -0.05) is 49.4 Å². The number of nitrogens with one attached hydrogen (secondary N) is 2. The van der Waals surface area contributed by atoms with Crippen molar-refractivity contribution in [2.75, 3.05) is 18.5 Å². The molecule has 0 radical (unpaired) electrons. The quantitative estimate of drug-likeness (QED) is 0.288. The molecule has 4 rings (SSSR count). The number of nitriles is 1. The minimum Gasteiger partial charge on any atom is -0.394 e. The maximum atomic E-state index is 13.4. The van der Waals surface area contributed by atoms with E-state index in [1.807, 2.05) is 68.6 Å². The summed E-state index contributed by atoms with van der Waals surface area (Å²) in [6, 6.07) is 22.3. The van der Waals surface area contributed by atoms with Crippen molar-refractivity contribution < 1.29 is 9.90 Å². The molecule has 2 unspecified atom stereocenters. The number of nitrogens with zero attached hydrogens (tertiary/aromatic N) is 4. The van der Waals surface area contributed by atoms with Crippen LogP contribution in [0.1, 0.15) is 49.4 Å². The Labute approximate surface area is 223 Å². The minimum atomic E-state index is -0.572. The summed E-state index contributed by atoms with van der Waals surface area (Å²) in [5.74, 6) is 0.376. The van der Waals surface area contributed by atoms with Gasteiger partial charge in [0.15, 0.2) is 0 Å². The first kappa shape index (κ1) is 26.7. The van der Waals surface area contributed by atoms with Crippen molar-refractivity contribution in [2.24, 2.45) is 0 Å². The zero-order valence-electron chi connectivity index (χ0n) is 21.8. The number of hydrogen-bond acceptors (Lipinski definition) is 6. The first-order valence-electron chi connectivity index (χ1n) is 12.5. The van der Waals surface area contributed by atoms with E-state index >= 15 is 0 Å². The lowest BCUT2D eigenvalue weighted by Crippen LogP contribution is -2.35. The first-order valence-corrected chi connectivity index (χ1v) is 12.5. The maximum absolute atomic E-state index is 13.4. The molecule has 8 heteroatoms. The smallest absolute Gasteiger partial charge is 0.247 e. The van der Waals surface area contributed by atoms with Crippen molar-refractivity contribution in [3.63, 3.8) is 0 Å². The Kier molecular flexibility index (Phi) is 8.31. The van der Waals surface area contributed by atoms with Crippen molar-refractivity contribution in [2.45, 2.75) is 38.3 Å². The highest BCUT2D eigenvalue weighted by atomic mass is 16.3. The summed E-state index contributed by atoms with van der Waals surface area (Å²) >= 11 is 0. The molecule has 0 spiro atoms. The van der Waals surface area contributed by atoms with Crippen LogP contribution in [0.25, 0.3) is 11.1 Å². The highest BCUT2D eigenvalue weighted by Crippen LogP contribution is 2.23. The molecule has 194 valence electrons. The van der Waals surface area contributed by atoms with Gasteiger partial charge in [0.25, 0.3) is 0 Å². The van der Waals surface area contributed by atoms with Crippen LogP contribution in [0.15, 0.2) is 85.3 Å². The largest absolute Gasteiger partial charge is 0.394 e. The van der Waals surface area contributed by atoms with E-state index in [0.29, 0.717) is 17.9 Å². The molecule has 2 aromatic carbocycles. The molecule has 0 bridgehead atoms. The van der Waals surface area contributed by atoms with Crippen LogP contribution in [-0.4, -0.2) is 38.9 Å². The molecule has 3 N–H and O–H groups in total. The van der Waals surface area contributed by atoms with E-state index in [2.05, 4.69) is 33.7 Å². The summed E-state index contributed by atoms with van der Waals surface area (Å²) in [6.07, 6.45) is 5.30. The second-order valence-corrected chi connectivity index (χ2v) is 9.95. The average molecular weight is 509 g/mol. The molecule has 0 saturated heterocycles. The number of aliphatic hydroxyl groups is 1. The normalized spacial score (nSPS) is 12.9. The van der Waals surface area contributed by atoms with Gasteiger partial charge in [0, 0.05) is 30.1 Å². The number of carbonyl (C=O) groups is 1. The van der Waals surface area contributed by atoms with Gasteiger partial charge in [-0.2, -0.15) is 10.4 Å². The van der Waals surface area contributed by atoms with E-state index in [1.54, 1.807) is 35.3 Å². The zero-order chi connectivity index (χ0) is 27.1. The van der Waals surface area contributed by atoms with Crippen LogP contribution in [0.5, 0.6) is 0 Å². The number of aliphatic hydroxyl groups excluding tert-OH is 1. The summed E-state index contributed by atoms with van der Waals surface area (Å²) in [5.41, 5.74) is 3.79. The zero-order valence-corrected chi connectivity index (χ0v) is 21.8. The lowest BCUT2D eigenvalue weighted by Gasteiger charge is -2.22. The van der Waals surface area contributed by atoms with Gasteiger partial charge in [-0.25, -0.2) is 4.98 Å². The van der Waals surface area contributed by atoms with Crippen molar-refractivity contribution in [3.8, 4) is 17.2 Å². The monoisotopic (exact) mass is 508 g/mol. The van der Waals surface area contributed by atoms with Crippen LogP contribution < -0.4 is 10.6 Å². The van der Waals surface area contributed by atoms with E-state index < -0.39 is 11.6 Å². The molecule has 2 heterocycles. The molecular formula is C30H32N6O2. The van der Waals surface area contributed by atoms with Crippen molar-refractivity contribution in [1.29, 1.82) is 5.26 Å². The third-order valence-corrected chi connectivity index (χ3v) is 6.57. The molecule has 8 nitrogen and oxygen atoms in total. The number of anilines is 1. The van der Waals surface area contributed by atoms with Crippen molar-refractivity contribution >= 4 is 11.7 Å². The number of pyridine rings is 1. The summed E-state index contributed by atoms with van der Waals surface area (Å²) in [5, 5.41) is 29.3. The van der Waals surface area contributed by atoms with Crippen LogP contribution in [0.3, 0.4) is 0 Å². The number of benzene rings is 2. The Hall–Kier alpha value is -4.32. The van der Waals surface area contributed by atoms with Gasteiger partial charge in [0.05, 0.1) is 30.0 Å². The molecule has 38 heavy (non-hydrogen) atoms. The molecule has 0 saturated carbocycles. The topological polar surface area (TPSA) is 116 Å². The van der Waals surface area contributed by atoms with Gasteiger partial charge in [-0.05, 0) is 55.2 Å². The predicted octanol–water partition coefficient (Wildman–Crippen LogP) is 4.62. The SMILES string of the molecule is CC(CNC(C(=O)Nc1ccc(-c2cnn(C(C)(C)CO)c2)cn1)c1ccccc1)c1ccc(C#N)cc1. The molecule has 0 aliphatic heterocycles. The highest BCUT2D eigenvalue weighted by molar-refractivity contribution is 5.95. The van der Waals surface area contributed by atoms with Gasteiger partial charge in [0.2, 0.25) is 5.91 Å². The summed E-state index contributed by atoms with van der Waals surface area (Å²) in [7, 11) is 0. The fraction of sp³-hybridized carbons (Fsp3) is 0.267. The first-order chi connectivity index (χ1) is 18.3. The molecule has 0 aliphatic carbocycles. The third kappa shape index (κ3) is 6.32. The van der Waals surface area contributed by atoms with Gasteiger partial charge in [-0.15, -0.1) is 0 Å². The van der Waals surface area contributed by atoms with E-state index in [1.165, 1.54) is 0 Å². The molecular weight excluding hydrogens is 476 g/mol. The Morgan fingerprint density at radius 3 is 2.39 bits per heavy atom. The van der Waals surface area contributed by atoms with E-state index in [-0.39, 0.29) is 18.4 Å². The highest BCUT2D eigenvalue weighted by Gasteiger charge is 2.22. The van der Waals surface area contributed by atoms with Crippen molar-refractivity contribution in [3.05, 3.63) is 102 Å². The van der Waals surface area contributed by atoms with Crippen LogP contribution in [0.2, 0.25) is 0 Å². The van der Waals surface area contributed by atoms with Crippen LogP contribution in [0, 0.1) is 11.3 Å². The summed E-state index contributed by atoms with van der Waals surface area (Å²) < 4.78 is 1.73. The summed E-state index contributed by atoms with van der Waals surface area (Å²) in [4.78, 5) is 17.8.